The van der Waals surface area contributed by atoms with Crippen molar-refractivity contribution >= 4 is 50.8 Å². The maximum atomic E-state index is 4.19. The first kappa shape index (κ1) is 29.9. The van der Waals surface area contributed by atoms with Gasteiger partial charge in [-0.1, -0.05) is 146 Å². The zero-order valence-electron chi connectivity index (χ0n) is 28.0. The summed E-state index contributed by atoms with van der Waals surface area (Å²) in [5.74, 6) is 0. The Hall–Kier alpha value is -6.18. The number of aryl methyl sites for hydroxylation is 1. The van der Waals surface area contributed by atoms with E-state index in [4.69, 9.17) is 0 Å². The molecule has 0 aliphatic heterocycles. The average molecular weight is 640 g/mol. The number of aromatic nitrogens is 1. The van der Waals surface area contributed by atoms with Gasteiger partial charge in [-0.2, -0.15) is 0 Å². The van der Waals surface area contributed by atoms with Gasteiger partial charge in [-0.25, -0.2) is 0 Å². The molecule has 0 saturated heterocycles. The molecule has 1 nitrogen and oxygen atoms in total. The van der Waals surface area contributed by atoms with Crippen LogP contribution in [0.1, 0.15) is 34.2 Å². The van der Waals surface area contributed by atoms with Crippen LogP contribution in [0.15, 0.2) is 164 Å². The molecule has 1 aromatic heterocycles. The van der Waals surface area contributed by atoms with Gasteiger partial charge < -0.3 is 4.57 Å². The van der Waals surface area contributed by atoms with Crippen molar-refractivity contribution in [3.63, 3.8) is 0 Å². The molecule has 0 spiro atoms. The van der Waals surface area contributed by atoms with Crippen LogP contribution in [0.2, 0.25) is 0 Å². The number of fused-ring (bicyclic) bond motifs is 5. The predicted molar refractivity (Wildman–Crippen MR) is 216 cm³/mol. The fraction of sp³-hybridized carbons (Fsp3) is 0.0612. The van der Waals surface area contributed by atoms with Crippen LogP contribution in [0, 0.1) is 0 Å². The largest absolute Gasteiger partial charge is 0.309 e. The van der Waals surface area contributed by atoms with Gasteiger partial charge in [0.15, 0.2) is 0 Å². The van der Waals surface area contributed by atoms with Crippen molar-refractivity contribution in [3.8, 4) is 27.9 Å². The molecule has 7 aromatic carbocycles. The lowest BCUT2D eigenvalue weighted by Gasteiger charge is -2.13. The molecule has 0 radical (unpaired) electrons. The zero-order valence-corrected chi connectivity index (χ0v) is 28.0. The van der Waals surface area contributed by atoms with Gasteiger partial charge in [-0.3, -0.25) is 0 Å². The first-order chi connectivity index (χ1) is 24.7. The summed E-state index contributed by atoms with van der Waals surface area (Å²) in [6, 6.07) is 53.3. The Morgan fingerprint density at radius 2 is 1.36 bits per heavy atom. The van der Waals surface area contributed by atoms with Gasteiger partial charge in [-0.15, -0.1) is 0 Å². The van der Waals surface area contributed by atoms with Gasteiger partial charge in [0.25, 0.3) is 0 Å². The molecule has 1 aliphatic rings. The first-order valence-electron chi connectivity index (χ1n) is 17.6. The van der Waals surface area contributed by atoms with Crippen LogP contribution in [0.3, 0.4) is 0 Å². The quantitative estimate of drug-likeness (QED) is 0.164. The van der Waals surface area contributed by atoms with Crippen LogP contribution in [0.4, 0.5) is 0 Å². The van der Waals surface area contributed by atoms with Crippen LogP contribution in [-0.4, -0.2) is 4.57 Å². The van der Waals surface area contributed by atoms with E-state index in [1.54, 1.807) is 0 Å². The second-order valence-corrected chi connectivity index (χ2v) is 13.3. The van der Waals surface area contributed by atoms with E-state index in [9.17, 15) is 0 Å². The molecule has 0 fully saturated rings. The summed E-state index contributed by atoms with van der Waals surface area (Å²) in [4.78, 5) is 0. The number of rotatable bonds is 7. The number of hydrogen-bond acceptors (Lipinski definition) is 0. The lowest BCUT2D eigenvalue weighted by Crippen LogP contribution is -1.94. The van der Waals surface area contributed by atoms with Crippen molar-refractivity contribution in [1.82, 2.24) is 4.57 Å². The fourth-order valence-corrected chi connectivity index (χ4v) is 7.69. The van der Waals surface area contributed by atoms with Crippen molar-refractivity contribution in [2.75, 3.05) is 0 Å². The zero-order chi connectivity index (χ0) is 33.4. The second kappa shape index (κ2) is 12.7. The van der Waals surface area contributed by atoms with E-state index < -0.39 is 0 Å². The third-order valence-corrected chi connectivity index (χ3v) is 10.3. The summed E-state index contributed by atoms with van der Waals surface area (Å²) in [5.41, 5.74) is 15.0. The molecule has 238 valence electrons. The maximum Gasteiger partial charge on any atom is 0.0547 e. The van der Waals surface area contributed by atoms with Crippen molar-refractivity contribution < 1.29 is 0 Å². The minimum absolute atomic E-state index is 0.849. The molecule has 0 bridgehead atoms. The Morgan fingerprint density at radius 1 is 0.620 bits per heavy atom. The minimum Gasteiger partial charge on any atom is -0.309 e. The van der Waals surface area contributed by atoms with E-state index in [1.807, 2.05) is 6.08 Å². The molecule has 1 aliphatic carbocycles. The van der Waals surface area contributed by atoms with E-state index >= 15 is 0 Å². The average Bonchev–Trinajstić information content (AvgIpc) is 3.52. The molecule has 0 amide bonds. The monoisotopic (exact) mass is 639 g/mol. The van der Waals surface area contributed by atoms with E-state index in [0.29, 0.717) is 0 Å². The molecular weight excluding hydrogens is 603 g/mol. The second-order valence-electron chi connectivity index (χ2n) is 13.3. The van der Waals surface area contributed by atoms with Gasteiger partial charge in [0.05, 0.1) is 11.0 Å². The Kier molecular flexibility index (Phi) is 7.59. The van der Waals surface area contributed by atoms with Crippen molar-refractivity contribution in [2.24, 2.45) is 0 Å². The Morgan fingerprint density at radius 3 is 2.24 bits per heavy atom. The standard InChI is InChI=1S/C49H37N/c1-2-35-27-30-48-49(46-16-8-9-18-47(46)50(48)44-28-25-38(26-29-44)36-12-4-3-5-13-36)45(35)17-10-11-34-19-20-41-33-43(24-23-40(41)31-34)42-22-21-37-14-6-7-15-39(37)32-42/h2-5,7-10,12-13,15-33H,1,6,11,14H2/b17-10-. The molecule has 0 unspecified atom stereocenters. The number of para-hydroxylation sites is 1. The molecule has 9 rings (SSSR count). The van der Waals surface area contributed by atoms with Gasteiger partial charge in [0.2, 0.25) is 0 Å². The number of allylic oxidation sites excluding steroid dienone is 2. The third kappa shape index (κ3) is 5.38. The van der Waals surface area contributed by atoms with E-state index in [1.165, 1.54) is 77.1 Å². The van der Waals surface area contributed by atoms with Gasteiger partial charge in [-0.05, 0) is 117 Å². The van der Waals surface area contributed by atoms with E-state index in [-0.39, 0.29) is 0 Å². The molecule has 1 heterocycles. The highest BCUT2D eigenvalue weighted by Crippen LogP contribution is 2.37. The Labute approximate surface area is 293 Å². The van der Waals surface area contributed by atoms with Gasteiger partial charge in [0.1, 0.15) is 0 Å². The lowest BCUT2D eigenvalue weighted by molar-refractivity contribution is 0.986. The van der Waals surface area contributed by atoms with E-state index in [2.05, 4.69) is 181 Å². The molecule has 50 heavy (non-hydrogen) atoms. The molecule has 1 heteroatoms. The molecule has 0 atom stereocenters. The van der Waals surface area contributed by atoms with Crippen LogP contribution < -0.4 is 0 Å². The van der Waals surface area contributed by atoms with Crippen molar-refractivity contribution in [1.29, 1.82) is 0 Å². The molecule has 0 saturated carbocycles. The maximum absolute atomic E-state index is 4.19. The highest BCUT2D eigenvalue weighted by molar-refractivity contribution is 6.14. The summed E-state index contributed by atoms with van der Waals surface area (Å²) in [6.07, 6.45) is 14.3. The van der Waals surface area contributed by atoms with Gasteiger partial charge >= 0.3 is 0 Å². The SMILES string of the molecule is C=Cc1ccc2c(c1/C=C\Cc1ccc3cc(-c4ccc5c(c4)C=CCC5)ccc3c1)c1ccccc1n2-c1ccc(-c2ccccc2)cc1. The summed E-state index contributed by atoms with van der Waals surface area (Å²) in [6.45, 7) is 4.19. The van der Waals surface area contributed by atoms with E-state index in [0.717, 1.165) is 30.5 Å². The van der Waals surface area contributed by atoms with Crippen LogP contribution >= 0.6 is 0 Å². The fourth-order valence-electron chi connectivity index (χ4n) is 7.69. The normalized spacial score (nSPS) is 12.6. The lowest BCUT2D eigenvalue weighted by atomic mass is 9.92. The smallest absolute Gasteiger partial charge is 0.0547 e. The van der Waals surface area contributed by atoms with Crippen molar-refractivity contribution in [3.05, 3.63) is 192 Å². The molecular formula is C49H37N. The van der Waals surface area contributed by atoms with Crippen LogP contribution in [0.25, 0.3) is 78.7 Å². The Balaban J connectivity index is 1.04. The summed E-state index contributed by atoms with van der Waals surface area (Å²) < 4.78 is 2.39. The number of benzene rings is 7. The molecule has 0 N–H and O–H groups in total. The first-order valence-corrected chi connectivity index (χ1v) is 17.6. The summed E-state index contributed by atoms with van der Waals surface area (Å²) >= 11 is 0. The minimum atomic E-state index is 0.849. The predicted octanol–water partition coefficient (Wildman–Crippen LogP) is 13.1. The highest BCUT2D eigenvalue weighted by atomic mass is 15.0. The highest BCUT2D eigenvalue weighted by Gasteiger charge is 2.16. The van der Waals surface area contributed by atoms with Gasteiger partial charge in [0, 0.05) is 16.5 Å². The molecule has 8 aromatic rings. The number of hydrogen-bond donors (Lipinski definition) is 0. The summed E-state index contributed by atoms with van der Waals surface area (Å²) in [7, 11) is 0. The van der Waals surface area contributed by atoms with Crippen molar-refractivity contribution in [2.45, 2.75) is 19.3 Å². The Bertz CT molecular complexity index is 2610. The third-order valence-electron chi connectivity index (χ3n) is 10.3. The van der Waals surface area contributed by atoms with Crippen LogP contribution in [0.5, 0.6) is 0 Å². The number of nitrogens with zero attached hydrogens (tertiary/aromatic N) is 1. The summed E-state index contributed by atoms with van der Waals surface area (Å²) in [5, 5.41) is 5.04. The topological polar surface area (TPSA) is 4.93 Å². The van der Waals surface area contributed by atoms with Crippen LogP contribution in [-0.2, 0) is 12.8 Å².